The molecule has 1 aliphatic heterocycles. The third kappa shape index (κ3) is 5.64. The Balaban J connectivity index is 0.00000242. The molecular formula is C15H29Cl2N5O. The summed E-state index contributed by atoms with van der Waals surface area (Å²) >= 11 is 0. The van der Waals surface area contributed by atoms with Crippen molar-refractivity contribution in [3.05, 3.63) is 11.4 Å². The molecule has 23 heavy (non-hydrogen) atoms. The van der Waals surface area contributed by atoms with Crippen LogP contribution in [0.1, 0.15) is 31.2 Å². The van der Waals surface area contributed by atoms with E-state index in [0.29, 0.717) is 12.5 Å². The van der Waals surface area contributed by atoms with Crippen molar-refractivity contribution in [1.82, 2.24) is 14.7 Å². The zero-order chi connectivity index (χ0) is 15.6. The molecule has 0 radical (unpaired) electrons. The molecule has 1 amide bonds. The van der Waals surface area contributed by atoms with Crippen LogP contribution in [0.2, 0.25) is 0 Å². The molecule has 1 saturated heterocycles. The Morgan fingerprint density at radius 1 is 1.35 bits per heavy atom. The van der Waals surface area contributed by atoms with Gasteiger partial charge in [0.25, 0.3) is 0 Å². The summed E-state index contributed by atoms with van der Waals surface area (Å²) in [5.74, 6) is 0.626. The maximum atomic E-state index is 12.2. The van der Waals surface area contributed by atoms with Crippen LogP contribution in [0.5, 0.6) is 0 Å². The van der Waals surface area contributed by atoms with Gasteiger partial charge in [0.05, 0.1) is 23.6 Å². The highest BCUT2D eigenvalue weighted by Gasteiger charge is 2.23. The van der Waals surface area contributed by atoms with Gasteiger partial charge in [0, 0.05) is 13.1 Å². The van der Waals surface area contributed by atoms with Gasteiger partial charge in [-0.3, -0.25) is 14.4 Å². The van der Waals surface area contributed by atoms with Crippen LogP contribution in [0, 0.1) is 19.8 Å². The molecule has 1 atom stereocenters. The Hall–Kier alpha value is -0.820. The maximum Gasteiger partial charge on any atom is 0.238 e. The molecule has 0 spiro atoms. The van der Waals surface area contributed by atoms with Gasteiger partial charge in [0.15, 0.2) is 0 Å². The van der Waals surface area contributed by atoms with Crippen LogP contribution in [0.3, 0.4) is 0 Å². The van der Waals surface area contributed by atoms with Crippen molar-refractivity contribution >= 4 is 36.4 Å². The van der Waals surface area contributed by atoms with Gasteiger partial charge in [-0.25, -0.2) is 0 Å². The molecule has 0 aromatic carbocycles. The Kier molecular flexibility index (Phi) is 9.13. The minimum absolute atomic E-state index is 0. The summed E-state index contributed by atoms with van der Waals surface area (Å²) in [4.78, 5) is 14.4. The monoisotopic (exact) mass is 365 g/mol. The number of aromatic nitrogens is 2. The van der Waals surface area contributed by atoms with Crippen LogP contribution < -0.4 is 11.1 Å². The molecule has 1 unspecified atom stereocenters. The lowest BCUT2D eigenvalue weighted by Gasteiger charge is -2.33. The zero-order valence-corrected chi connectivity index (χ0v) is 16.0. The molecule has 6 nitrogen and oxygen atoms in total. The van der Waals surface area contributed by atoms with E-state index in [0.717, 1.165) is 43.0 Å². The molecule has 1 aromatic rings. The number of piperidine rings is 1. The number of amides is 1. The SMILES string of the molecule is Cc1nn(C)c(C)c1NC(=O)CN1CCC(C(C)N)CC1.Cl.Cl. The summed E-state index contributed by atoms with van der Waals surface area (Å²) in [5, 5.41) is 7.31. The Morgan fingerprint density at radius 3 is 2.35 bits per heavy atom. The summed E-state index contributed by atoms with van der Waals surface area (Å²) in [6, 6.07) is 0.252. The quantitative estimate of drug-likeness (QED) is 0.853. The molecule has 1 fully saturated rings. The third-order valence-electron chi connectivity index (χ3n) is 4.52. The minimum Gasteiger partial charge on any atom is -0.328 e. The van der Waals surface area contributed by atoms with E-state index in [-0.39, 0.29) is 36.8 Å². The first-order valence-corrected chi connectivity index (χ1v) is 7.66. The number of halogens is 2. The van der Waals surface area contributed by atoms with Crippen LogP contribution in [0.15, 0.2) is 0 Å². The second-order valence-corrected chi connectivity index (χ2v) is 6.19. The number of nitrogens with two attached hydrogens (primary N) is 1. The van der Waals surface area contributed by atoms with Crippen LogP contribution in [0.4, 0.5) is 5.69 Å². The van der Waals surface area contributed by atoms with Crippen LogP contribution >= 0.6 is 24.8 Å². The fraction of sp³-hybridized carbons (Fsp3) is 0.733. The summed E-state index contributed by atoms with van der Waals surface area (Å²) in [6.45, 7) is 8.29. The molecule has 1 aliphatic rings. The number of hydrogen-bond donors (Lipinski definition) is 2. The second kappa shape index (κ2) is 9.47. The van der Waals surface area contributed by atoms with Gasteiger partial charge >= 0.3 is 0 Å². The third-order valence-corrected chi connectivity index (χ3v) is 4.52. The normalized spacial score (nSPS) is 17.1. The molecule has 2 heterocycles. The lowest BCUT2D eigenvalue weighted by molar-refractivity contribution is -0.117. The van der Waals surface area contributed by atoms with E-state index in [1.807, 2.05) is 20.9 Å². The molecule has 0 bridgehead atoms. The molecule has 2 rings (SSSR count). The predicted octanol–water partition coefficient (Wildman–Crippen LogP) is 1.88. The summed E-state index contributed by atoms with van der Waals surface area (Å²) < 4.78 is 1.79. The summed E-state index contributed by atoms with van der Waals surface area (Å²) in [5.41, 5.74) is 8.63. The molecule has 8 heteroatoms. The van der Waals surface area contributed by atoms with Crippen LogP contribution in [0.25, 0.3) is 0 Å². The van der Waals surface area contributed by atoms with Gasteiger partial charge < -0.3 is 11.1 Å². The highest BCUT2D eigenvalue weighted by atomic mass is 35.5. The largest absolute Gasteiger partial charge is 0.328 e. The smallest absolute Gasteiger partial charge is 0.238 e. The van der Waals surface area contributed by atoms with Crippen molar-refractivity contribution in [2.45, 2.75) is 39.7 Å². The standard InChI is InChI=1S/C15H27N5O.2ClH/c1-10(16)13-5-7-20(8-6-13)9-14(21)17-15-11(2)18-19(4)12(15)3;;/h10,13H,5-9,16H2,1-4H3,(H,17,21);2*1H. The number of hydrogen-bond acceptors (Lipinski definition) is 4. The summed E-state index contributed by atoms with van der Waals surface area (Å²) in [7, 11) is 1.89. The average molecular weight is 366 g/mol. The highest BCUT2D eigenvalue weighted by Crippen LogP contribution is 2.20. The highest BCUT2D eigenvalue weighted by molar-refractivity contribution is 5.93. The lowest BCUT2D eigenvalue weighted by Crippen LogP contribution is -2.42. The number of nitrogens with zero attached hydrogens (tertiary/aromatic N) is 3. The molecule has 134 valence electrons. The molecule has 1 aromatic heterocycles. The van der Waals surface area contributed by atoms with E-state index in [1.165, 1.54) is 0 Å². The number of carbonyl (C=O) groups is 1. The fourth-order valence-electron chi connectivity index (χ4n) is 2.97. The minimum atomic E-state index is 0. The van der Waals surface area contributed by atoms with E-state index in [4.69, 9.17) is 5.73 Å². The van der Waals surface area contributed by atoms with Gasteiger partial charge in [-0.1, -0.05) is 0 Å². The van der Waals surface area contributed by atoms with Gasteiger partial charge in [0.2, 0.25) is 5.91 Å². The number of nitrogens with one attached hydrogen (secondary N) is 1. The molecule has 3 N–H and O–H groups in total. The van der Waals surface area contributed by atoms with Crippen molar-refractivity contribution in [2.75, 3.05) is 25.0 Å². The van der Waals surface area contributed by atoms with Crippen molar-refractivity contribution in [3.8, 4) is 0 Å². The fourth-order valence-corrected chi connectivity index (χ4v) is 2.97. The molecule has 0 aliphatic carbocycles. The zero-order valence-electron chi connectivity index (χ0n) is 14.3. The predicted molar refractivity (Wildman–Crippen MR) is 98.6 cm³/mol. The van der Waals surface area contributed by atoms with E-state index < -0.39 is 0 Å². The number of rotatable bonds is 4. The first kappa shape index (κ1) is 22.2. The first-order chi connectivity index (χ1) is 9.88. The Morgan fingerprint density at radius 2 is 1.91 bits per heavy atom. The van der Waals surface area contributed by atoms with Crippen molar-refractivity contribution < 1.29 is 4.79 Å². The Bertz CT molecular complexity index is 510. The lowest BCUT2D eigenvalue weighted by atomic mass is 9.91. The van der Waals surface area contributed by atoms with E-state index in [1.54, 1.807) is 4.68 Å². The molecule has 0 saturated carbocycles. The van der Waals surface area contributed by atoms with E-state index >= 15 is 0 Å². The van der Waals surface area contributed by atoms with E-state index in [9.17, 15) is 4.79 Å². The molecular weight excluding hydrogens is 337 g/mol. The number of aryl methyl sites for hydroxylation is 2. The topological polar surface area (TPSA) is 76.2 Å². The second-order valence-electron chi connectivity index (χ2n) is 6.19. The first-order valence-electron chi connectivity index (χ1n) is 7.66. The van der Waals surface area contributed by atoms with Crippen LogP contribution in [-0.4, -0.2) is 46.3 Å². The Labute approximate surface area is 151 Å². The maximum absolute atomic E-state index is 12.2. The van der Waals surface area contributed by atoms with Gasteiger partial charge in [-0.05, 0) is 52.6 Å². The van der Waals surface area contributed by atoms with Gasteiger partial charge in [0.1, 0.15) is 0 Å². The number of likely N-dealkylation sites (tertiary alicyclic amines) is 1. The van der Waals surface area contributed by atoms with Gasteiger partial charge in [-0.15, -0.1) is 24.8 Å². The summed E-state index contributed by atoms with van der Waals surface area (Å²) in [6.07, 6.45) is 2.16. The van der Waals surface area contributed by atoms with E-state index in [2.05, 4.69) is 22.2 Å². The average Bonchev–Trinajstić information content (AvgIpc) is 2.66. The van der Waals surface area contributed by atoms with Crippen molar-refractivity contribution in [3.63, 3.8) is 0 Å². The van der Waals surface area contributed by atoms with Crippen molar-refractivity contribution in [2.24, 2.45) is 18.7 Å². The van der Waals surface area contributed by atoms with Crippen molar-refractivity contribution in [1.29, 1.82) is 0 Å². The van der Waals surface area contributed by atoms with Crippen LogP contribution in [-0.2, 0) is 11.8 Å². The number of anilines is 1. The van der Waals surface area contributed by atoms with Gasteiger partial charge in [-0.2, -0.15) is 5.10 Å². The number of carbonyl (C=O) groups excluding carboxylic acids is 1.